The lowest BCUT2D eigenvalue weighted by Gasteiger charge is -2.18. The normalized spacial score (nSPS) is 11.1. The van der Waals surface area contributed by atoms with Crippen LogP contribution in [-0.2, 0) is 9.53 Å². The number of hydrogen-bond acceptors (Lipinski definition) is 5. The molecule has 0 aliphatic carbocycles. The molecule has 2 N–H and O–H groups in total. The maximum Gasteiger partial charge on any atom is 0.340 e. The molecule has 0 heterocycles. The van der Waals surface area contributed by atoms with Crippen molar-refractivity contribution in [3.8, 4) is 0 Å². The molecule has 3 amide bonds. The van der Waals surface area contributed by atoms with E-state index in [0.29, 0.717) is 11.1 Å². The second kappa shape index (κ2) is 9.98. The minimum Gasteiger partial charge on any atom is -0.444 e. The number of ketones is 1. The average molecular weight is 416 g/mol. The number of urea groups is 1. The monoisotopic (exact) mass is 416 g/mol. The lowest BCUT2D eigenvalue weighted by molar-refractivity contribution is -0.129. The van der Waals surface area contributed by atoms with Crippen molar-refractivity contribution in [2.75, 3.05) is 7.05 Å². The maximum atomic E-state index is 13.0. The van der Waals surface area contributed by atoms with Gasteiger partial charge in [0.2, 0.25) is 6.10 Å². The number of ether oxygens (including phenoxy) is 1. The van der Waals surface area contributed by atoms with Crippen LogP contribution in [0, 0.1) is 0 Å². The summed E-state index contributed by atoms with van der Waals surface area (Å²) in [7, 11) is 1.36. The smallest absolute Gasteiger partial charge is 0.340 e. The summed E-state index contributed by atoms with van der Waals surface area (Å²) in [6.07, 6.45) is -1.38. The zero-order valence-corrected chi connectivity index (χ0v) is 16.7. The molecule has 0 spiro atoms. The van der Waals surface area contributed by atoms with Crippen LogP contribution >= 0.6 is 0 Å². The molecule has 0 aromatic heterocycles. The van der Waals surface area contributed by atoms with E-state index in [1.165, 1.54) is 19.2 Å². The molecule has 3 aromatic rings. The van der Waals surface area contributed by atoms with Gasteiger partial charge in [-0.1, -0.05) is 78.9 Å². The van der Waals surface area contributed by atoms with Gasteiger partial charge in [-0.3, -0.25) is 14.9 Å². The van der Waals surface area contributed by atoms with Crippen molar-refractivity contribution < 1.29 is 23.9 Å². The summed E-state index contributed by atoms with van der Waals surface area (Å²) in [6, 6.07) is 22.3. The minimum absolute atomic E-state index is 0.0185. The first-order chi connectivity index (χ1) is 15.0. The van der Waals surface area contributed by atoms with E-state index in [1.54, 1.807) is 72.8 Å². The summed E-state index contributed by atoms with van der Waals surface area (Å²) in [5.74, 6) is -2.02. The number of amides is 3. The van der Waals surface area contributed by atoms with Crippen molar-refractivity contribution in [3.05, 3.63) is 107 Å². The summed E-state index contributed by atoms with van der Waals surface area (Å²) in [5.41, 5.74) is 0.964. The number of carbonyl (C=O) groups excluding carboxylic acids is 4. The van der Waals surface area contributed by atoms with Crippen LogP contribution in [0.5, 0.6) is 0 Å². The fraction of sp³-hybridized carbons (Fsp3) is 0.0833. The van der Waals surface area contributed by atoms with Gasteiger partial charge < -0.3 is 10.1 Å². The highest BCUT2D eigenvalue weighted by atomic mass is 16.5. The molecular weight excluding hydrogens is 396 g/mol. The van der Waals surface area contributed by atoms with Crippen LogP contribution in [0.4, 0.5) is 4.79 Å². The summed E-state index contributed by atoms with van der Waals surface area (Å²) in [6.45, 7) is 0. The van der Waals surface area contributed by atoms with Crippen LogP contribution in [0.3, 0.4) is 0 Å². The molecule has 0 bridgehead atoms. The SMILES string of the molecule is CNC(=O)NC(=O)C(OC(=O)c1ccccc1C(=O)c1ccccc1)c1ccccc1. The van der Waals surface area contributed by atoms with Gasteiger partial charge >= 0.3 is 12.0 Å². The Bertz CT molecular complexity index is 1100. The zero-order valence-electron chi connectivity index (χ0n) is 16.7. The van der Waals surface area contributed by atoms with E-state index in [-0.39, 0.29) is 16.9 Å². The van der Waals surface area contributed by atoms with E-state index in [1.807, 2.05) is 0 Å². The van der Waals surface area contributed by atoms with E-state index >= 15 is 0 Å². The molecule has 0 fully saturated rings. The Kier molecular flexibility index (Phi) is 6.90. The Morgan fingerprint density at radius 3 is 1.90 bits per heavy atom. The van der Waals surface area contributed by atoms with Crippen molar-refractivity contribution in [1.29, 1.82) is 0 Å². The quantitative estimate of drug-likeness (QED) is 0.474. The number of carbonyl (C=O) groups is 4. The number of hydrogen-bond donors (Lipinski definition) is 2. The minimum atomic E-state index is -1.38. The van der Waals surface area contributed by atoms with Crippen molar-refractivity contribution in [2.24, 2.45) is 0 Å². The average Bonchev–Trinajstić information content (AvgIpc) is 2.82. The van der Waals surface area contributed by atoms with Gasteiger partial charge in [0.25, 0.3) is 5.91 Å². The van der Waals surface area contributed by atoms with Gasteiger partial charge in [-0.2, -0.15) is 0 Å². The Balaban J connectivity index is 1.91. The second-order valence-electron chi connectivity index (χ2n) is 6.51. The topological polar surface area (TPSA) is 102 Å². The van der Waals surface area contributed by atoms with Crippen LogP contribution < -0.4 is 10.6 Å². The van der Waals surface area contributed by atoms with Crippen LogP contribution in [0.1, 0.15) is 37.9 Å². The Morgan fingerprint density at radius 1 is 0.742 bits per heavy atom. The molecule has 0 saturated carbocycles. The molecule has 0 aliphatic heterocycles. The predicted octanol–water partition coefficient (Wildman–Crippen LogP) is 3.27. The fourth-order valence-electron chi connectivity index (χ4n) is 2.92. The summed E-state index contributed by atoms with van der Waals surface area (Å²) in [4.78, 5) is 50.1. The van der Waals surface area contributed by atoms with Gasteiger partial charge in [0, 0.05) is 23.7 Å². The van der Waals surface area contributed by atoms with E-state index < -0.39 is 24.0 Å². The molecular formula is C24H20N2O5. The molecule has 0 aliphatic rings. The van der Waals surface area contributed by atoms with Gasteiger partial charge in [0.05, 0.1) is 5.56 Å². The molecule has 7 nitrogen and oxygen atoms in total. The first-order valence-electron chi connectivity index (χ1n) is 9.48. The van der Waals surface area contributed by atoms with E-state index in [0.717, 1.165) is 0 Å². The maximum absolute atomic E-state index is 13.0. The summed E-state index contributed by atoms with van der Waals surface area (Å²) in [5, 5.41) is 4.39. The van der Waals surface area contributed by atoms with Crippen molar-refractivity contribution in [1.82, 2.24) is 10.6 Å². The van der Waals surface area contributed by atoms with Crippen LogP contribution in [0.25, 0.3) is 0 Å². The van der Waals surface area contributed by atoms with Crippen LogP contribution in [0.2, 0.25) is 0 Å². The van der Waals surface area contributed by atoms with Gasteiger partial charge in [-0.05, 0) is 6.07 Å². The zero-order chi connectivity index (χ0) is 22.2. The van der Waals surface area contributed by atoms with Crippen molar-refractivity contribution in [3.63, 3.8) is 0 Å². The van der Waals surface area contributed by atoms with Gasteiger partial charge in [-0.15, -0.1) is 0 Å². The Labute approximate surface area is 179 Å². The molecule has 3 rings (SSSR count). The van der Waals surface area contributed by atoms with Crippen LogP contribution in [0.15, 0.2) is 84.9 Å². The summed E-state index contributed by atoms with van der Waals surface area (Å²) >= 11 is 0. The molecule has 0 radical (unpaired) electrons. The third kappa shape index (κ3) is 5.22. The molecule has 1 unspecified atom stereocenters. The van der Waals surface area contributed by atoms with Gasteiger partial charge in [0.15, 0.2) is 5.78 Å². The lowest BCUT2D eigenvalue weighted by atomic mass is 9.98. The predicted molar refractivity (Wildman–Crippen MR) is 114 cm³/mol. The highest BCUT2D eigenvalue weighted by Gasteiger charge is 2.28. The van der Waals surface area contributed by atoms with Crippen LogP contribution in [-0.4, -0.2) is 30.7 Å². The Morgan fingerprint density at radius 2 is 1.29 bits per heavy atom. The first kappa shape index (κ1) is 21.4. The molecule has 1 atom stereocenters. The van der Waals surface area contributed by atoms with E-state index in [9.17, 15) is 19.2 Å². The number of benzene rings is 3. The molecule has 156 valence electrons. The largest absolute Gasteiger partial charge is 0.444 e. The van der Waals surface area contributed by atoms with Crippen molar-refractivity contribution in [2.45, 2.75) is 6.10 Å². The Hall–Kier alpha value is -4.26. The highest BCUT2D eigenvalue weighted by molar-refractivity contribution is 6.14. The first-order valence-corrected chi connectivity index (χ1v) is 9.48. The molecule has 7 heteroatoms. The van der Waals surface area contributed by atoms with E-state index in [2.05, 4.69) is 10.6 Å². The third-order valence-corrected chi connectivity index (χ3v) is 4.46. The third-order valence-electron chi connectivity index (χ3n) is 4.46. The lowest BCUT2D eigenvalue weighted by Crippen LogP contribution is -2.41. The molecule has 0 saturated heterocycles. The summed E-state index contributed by atoms with van der Waals surface area (Å²) < 4.78 is 5.47. The fourth-order valence-corrected chi connectivity index (χ4v) is 2.92. The standard InChI is InChI=1S/C24H20N2O5/c1-25-24(30)26-22(28)21(17-12-6-3-7-13-17)31-23(29)19-15-9-8-14-18(19)20(27)16-10-4-2-5-11-16/h2-15,21H,1H3,(H2,25,26,28,30). The molecule has 3 aromatic carbocycles. The number of imide groups is 1. The number of rotatable bonds is 6. The van der Waals surface area contributed by atoms with Gasteiger partial charge in [-0.25, -0.2) is 9.59 Å². The van der Waals surface area contributed by atoms with Crippen molar-refractivity contribution >= 4 is 23.7 Å². The number of nitrogens with one attached hydrogen (secondary N) is 2. The van der Waals surface area contributed by atoms with E-state index in [4.69, 9.17) is 4.74 Å². The molecule has 31 heavy (non-hydrogen) atoms. The second-order valence-corrected chi connectivity index (χ2v) is 6.51. The highest BCUT2D eigenvalue weighted by Crippen LogP contribution is 2.22. The number of esters is 1. The van der Waals surface area contributed by atoms with Gasteiger partial charge in [0.1, 0.15) is 0 Å².